The minimum atomic E-state index is 0.795. The third-order valence-corrected chi connectivity index (χ3v) is 5.02. The first-order chi connectivity index (χ1) is 7.93. The summed E-state index contributed by atoms with van der Waals surface area (Å²) in [6.07, 6.45) is 9.03. The zero-order valence-corrected chi connectivity index (χ0v) is 10.5. The molecule has 0 saturated carbocycles. The molecule has 3 nitrogen and oxygen atoms in total. The maximum atomic E-state index is 4.39. The Kier molecular flexibility index (Phi) is 3.18. The van der Waals surface area contributed by atoms with E-state index in [2.05, 4.69) is 26.5 Å². The molecule has 0 aromatic carbocycles. The molecular formula is C12H19N3S. The largest absolute Gasteiger partial charge is 0.315 e. The maximum absolute atomic E-state index is 4.39. The second-order valence-electron chi connectivity index (χ2n) is 4.83. The number of nitrogens with zero attached hydrogens (tertiary/aromatic N) is 3. The molecule has 0 amide bonds. The topological polar surface area (TPSA) is 30.7 Å². The standard InChI is InChI=1S/C12H19N3S/c1-3-7-15-11(6-1)13-14-12(15)9-10-5-2-4-8-16-10/h10H,1-9H2. The zero-order chi connectivity index (χ0) is 10.8. The summed E-state index contributed by atoms with van der Waals surface area (Å²) in [5.74, 6) is 3.81. The number of thioether (sulfide) groups is 1. The molecule has 1 aromatic rings. The molecule has 1 fully saturated rings. The van der Waals surface area contributed by atoms with Gasteiger partial charge in [-0.1, -0.05) is 6.42 Å². The molecule has 0 N–H and O–H groups in total. The Balaban J connectivity index is 1.71. The molecule has 1 aromatic heterocycles. The third kappa shape index (κ3) is 2.12. The van der Waals surface area contributed by atoms with E-state index in [4.69, 9.17) is 0 Å². The summed E-state index contributed by atoms with van der Waals surface area (Å²) in [7, 11) is 0. The van der Waals surface area contributed by atoms with Crippen LogP contribution in [0.1, 0.15) is 43.8 Å². The Bertz CT molecular complexity index is 355. The molecule has 3 heterocycles. The SMILES string of the molecule is C1CCC(Cc2nnc3n2CCCC3)SC1. The molecule has 1 unspecified atom stereocenters. The molecule has 2 aliphatic rings. The number of hydrogen-bond acceptors (Lipinski definition) is 3. The van der Waals surface area contributed by atoms with E-state index in [0.717, 1.165) is 24.6 Å². The molecule has 0 aliphatic carbocycles. The normalized spacial score (nSPS) is 25.4. The van der Waals surface area contributed by atoms with Crippen LogP contribution in [0.25, 0.3) is 0 Å². The second kappa shape index (κ2) is 4.78. The molecule has 0 radical (unpaired) electrons. The van der Waals surface area contributed by atoms with Gasteiger partial charge in [0.05, 0.1) is 0 Å². The average molecular weight is 237 g/mol. The van der Waals surface area contributed by atoms with Gasteiger partial charge >= 0.3 is 0 Å². The van der Waals surface area contributed by atoms with Crippen LogP contribution in [0.2, 0.25) is 0 Å². The van der Waals surface area contributed by atoms with Crippen LogP contribution in [-0.4, -0.2) is 25.8 Å². The van der Waals surface area contributed by atoms with Gasteiger partial charge < -0.3 is 4.57 Å². The fourth-order valence-corrected chi connectivity index (χ4v) is 4.00. The molecule has 4 heteroatoms. The number of rotatable bonds is 2. The molecule has 0 spiro atoms. The Hall–Kier alpha value is -0.510. The summed E-state index contributed by atoms with van der Waals surface area (Å²) in [4.78, 5) is 0. The highest BCUT2D eigenvalue weighted by Crippen LogP contribution is 2.28. The van der Waals surface area contributed by atoms with Gasteiger partial charge in [0.1, 0.15) is 11.6 Å². The molecule has 1 atom stereocenters. The summed E-state index contributed by atoms with van der Waals surface area (Å²) < 4.78 is 2.37. The highest BCUT2D eigenvalue weighted by Gasteiger charge is 2.20. The molecular weight excluding hydrogens is 218 g/mol. The summed E-state index contributed by atoms with van der Waals surface area (Å²) in [5.41, 5.74) is 0. The van der Waals surface area contributed by atoms with Crippen molar-refractivity contribution in [2.75, 3.05) is 5.75 Å². The van der Waals surface area contributed by atoms with Gasteiger partial charge in [-0.15, -0.1) is 10.2 Å². The molecule has 1 saturated heterocycles. The number of aryl methyl sites for hydroxylation is 1. The van der Waals surface area contributed by atoms with E-state index in [1.807, 2.05) is 0 Å². The van der Waals surface area contributed by atoms with E-state index in [1.165, 1.54) is 49.5 Å². The van der Waals surface area contributed by atoms with Gasteiger partial charge in [-0.3, -0.25) is 0 Å². The quantitative estimate of drug-likeness (QED) is 0.791. The van der Waals surface area contributed by atoms with E-state index in [-0.39, 0.29) is 0 Å². The summed E-state index contributed by atoms with van der Waals surface area (Å²) in [5, 5.41) is 9.51. The lowest BCUT2D eigenvalue weighted by Gasteiger charge is -2.22. The van der Waals surface area contributed by atoms with Crippen molar-refractivity contribution >= 4 is 11.8 Å². The van der Waals surface area contributed by atoms with Crippen molar-refractivity contribution in [2.45, 2.75) is 56.7 Å². The summed E-state index contributed by atoms with van der Waals surface area (Å²) in [6, 6.07) is 0. The van der Waals surface area contributed by atoms with Crippen molar-refractivity contribution in [1.29, 1.82) is 0 Å². The van der Waals surface area contributed by atoms with E-state index in [9.17, 15) is 0 Å². The van der Waals surface area contributed by atoms with E-state index < -0.39 is 0 Å². The van der Waals surface area contributed by atoms with Crippen molar-refractivity contribution in [1.82, 2.24) is 14.8 Å². The van der Waals surface area contributed by atoms with Gasteiger partial charge in [0, 0.05) is 24.6 Å². The van der Waals surface area contributed by atoms with Gasteiger partial charge in [0.2, 0.25) is 0 Å². The Morgan fingerprint density at radius 1 is 1.19 bits per heavy atom. The van der Waals surface area contributed by atoms with Crippen LogP contribution in [0, 0.1) is 0 Å². The second-order valence-corrected chi connectivity index (χ2v) is 6.24. The lowest BCUT2D eigenvalue weighted by Crippen LogP contribution is -2.18. The van der Waals surface area contributed by atoms with Crippen molar-refractivity contribution in [3.8, 4) is 0 Å². The first-order valence-electron chi connectivity index (χ1n) is 6.46. The molecule has 16 heavy (non-hydrogen) atoms. The predicted molar refractivity (Wildman–Crippen MR) is 66.8 cm³/mol. The summed E-state index contributed by atoms with van der Waals surface area (Å²) >= 11 is 2.13. The monoisotopic (exact) mass is 237 g/mol. The van der Waals surface area contributed by atoms with E-state index in [0.29, 0.717) is 0 Å². The van der Waals surface area contributed by atoms with Crippen molar-refractivity contribution < 1.29 is 0 Å². The number of fused-ring (bicyclic) bond motifs is 1. The van der Waals surface area contributed by atoms with Gasteiger partial charge in [-0.05, 0) is 31.4 Å². The third-order valence-electron chi connectivity index (χ3n) is 3.62. The van der Waals surface area contributed by atoms with Crippen molar-refractivity contribution in [3.63, 3.8) is 0 Å². The van der Waals surface area contributed by atoms with E-state index >= 15 is 0 Å². The van der Waals surface area contributed by atoms with Crippen LogP contribution in [0.3, 0.4) is 0 Å². The van der Waals surface area contributed by atoms with Crippen LogP contribution in [0.15, 0.2) is 0 Å². The lowest BCUT2D eigenvalue weighted by atomic mass is 10.1. The highest BCUT2D eigenvalue weighted by molar-refractivity contribution is 7.99. The first kappa shape index (κ1) is 10.6. The van der Waals surface area contributed by atoms with Crippen LogP contribution < -0.4 is 0 Å². The predicted octanol–water partition coefficient (Wildman–Crippen LogP) is 2.44. The molecule has 3 rings (SSSR count). The van der Waals surface area contributed by atoms with Crippen molar-refractivity contribution in [2.24, 2.45) is 0 Å². The Labute approximate surface area is 101 Å². The lowest BCUT2D eigenvalue weighted by molar-refractivity contribution is 0.502. The van der Waals surface area contributed by atoms with Crippen LogP contribution >= 0.6 is 11.8 Å². The fraction of sp³-hybridized carbons (Fsp3) is 0.833. The number of hydrogen-bond donors (Lipinski definition) is 0. The van der Waals surface area contributed by atoms with Gasteiger partial charge in [-0.2, -0.15) is 11.8 Å². The van der Waals surface area contributed by atoms with Gasteiger partial charge in [0.25, 0.3) is 0 Å². The first-order valence-corrected chi connectivity index (χ1v) is 7.51. The maximum Gasteiger partial charge on any atom is 0.134 e. The number of aromatic nitrogens is 3. The van der Waals surface area contributed by atoms with Crippen LogP contribution in [0.5, 0.6) is 0 Å². The molecule has 88 valence electrons. The van der Waals surface area contributed by atoms with E-state index in [1.54, 1.807) is 0 Å². The van der Waals surface area contributed by atoms with Gasteiger partial charge in [-0.25, -0.2) is 0 Å². The highest BCUT2D eigenvalue weighted by atomic mass is 32.2. The zero-order valence-electron chi connectivity index (χ0n) is 9.69. The fourth-order valence-electron chi connectivity index (χ4n) is 2.69. The van der Waals surface area contributed by atoms with Crippen LogP contribution in [0.4, 0.5) is 0 Å². The average Bonchev–Trinajstić information content (AvgIpc) is 2.74. The van der Waals surface area contributed by atoms with Crippen molar-refractivity contribution in [3.05, 3.63) is 11.6 Å². The molecule has 2 aliphatic heterocycles. The smallest absolute Gasteiger partial charge is 0.134 e. The minimum Gasteiger partial charge on any atom is -0.315 e. The molecule has 0 bridgehead atoms. The summed E-state index contributed by atoms with van der Waals surface area (Å²) in [6.45, 7) is 1.15. The Morgan fingerprint density at radius 2 is 2.19 bits per heavy atom. The van der Waals surface area contributed by atoms with Gasteiger partial charge in [0.15, 0.2) is 0 Å². The minimum absolute atomic E-state index is 0.795. The Morgan fingerprint density at radius 3 is 3.06 bits per heavy atom. The van der Waals surface area contributed by atoms with Crippen LogP contribution in [-0.2, 0) is 19.4 Å².